The number of benzene rings is 2. The minimum absolute atomic E-state index is 0.137. The molecule has 0 saturated heterocycles. The van der Waals surface area contributed by atoms with Gasteiger partial charge in [-0.15, -0.1) is 0 Å². The van der Waals surface area contributed by atoms with Crippen LogP contribution in [0.25, 0.3) is 0 Å². The molecule has 140 valence electrons. The molecular weight excluding hydrogens is 399 g/mol. The van der Waals surface area contributed by atoms with Crippen molar-refractivity contribution in [1.82, 2.24) is 4.31 Å². The Hall–Kier alpha value is -1.80. The molecule has 0 aliphatic carbocycles. The van der Waals surface area contributed by atoms with Crippen LogP contribution in [-0.2, 0) is 14.8 Å². The van der Waals surface area contributed by atoms with Crippen LogP contribution < -0.4 is 10.1 Å². The molecular formula is C17H18Cl2N2O4S. The second-order valence-electron chi connectivity index (χ2n) is 5.64. The van der Waals surface area contributed by atoms with E-state index in [0.29, 0.717) is 21.5 Å². The van der Waals surface area contributed by atoms with Crippen LogP contribution in [0.3, 0.4) is 0 Å². The monoisotopic (exact) mass is 416 g/mol. The Kier molecular flexibility index (Phi) is 6.52. The van der Waals surface area contributed by atoms with Crippen molar-refractivity contribution >= 4 is 44.8 Å². The Bertz CT molecular complexity index is 899. The van der Waals surface area contributed by atoms with E-state index in [0.717, 1.165) is 4.31 Å². The van der Waals surface area contributed by atoms with Gasteiger partial charge in [0.05, 0.1) is 9.92 Å². The highest BCUT2D eigenvalue weighted by molar-refractivity contribution is 7.89. The third-order valence-corrected chi connectivity index (χ3v) is 5.83. The van der Waals surface area contributed by atoms with Gasteiger partial charge in [0.2, 0.25) is 10.0 Å². The zero-order valence-electron chi connectivity index (χ0n) is 14.4. The largest absolute Gasteiger partial charge is 0.479 e. The lowest BCUT2D eigenvalue weighted by Crippen LogP contribution is -2.30. The standard InChI is InChI=1S/C17H18Cl2N2O4S/c1-11(25-16-9-4-12(18)10-15(16)19)17(22)20-13-5-7-14(8-6-13)26(23,24)21(2)3/h4-11H,1-3H3,(H,20,22). The van der Waals surface area contributed by atoms with Gasteiger partial charge in [-0.25, -0.2) is 12.7 Å². The minimum Gasteiger partial charge on any atom is -0.479 e. The van der Waals surface area contributed by atoms with Crippen LogP contribution in [-0.4, -0.2) is 38.8 Å². The fraction of sp³-hybridized carbons (Fsp3) is 0.235. The number of sulfonamides is 1. The van der Waals surface area contributed by atoms with Crippen LogP contribution in [0.1, 0.15) is 6.92 Å². The predicted octanol–water partition coefficient (Wildman–Crippen LogP) is 3.65. The van der Waals surface area contributed by atoms with Crippen LogP contribution in [0, 0.1) is 0 Å². The number of anilines is 1. The third kappa shape index (κ3) is 4.88. The molecule has 0 bridgehead atoms. The van der Waals surface area contributed by atoms with Gasteiger partial charge in [-0.3, -0.25) is 4.79 Å². The third-order valence-electron chi connectivity index (χ3n) is 3.47. The highest BCUT2D eigenvalue weighted by atomic mass is 35.5. The summed E-state index contributed by atoms with van der Waals surface area (Å²) in [4.78, 5) is 12.4. The molecule has 0 aliphatic rings. The molecule has 1 N–H and O–H groups in total. The molecule has 2 aromatic carbocycles. The number of nitrogens with zero attached hydrogens (tertiary/aromatic N) is 1. The van der Waals surface area contributed by atoms with Crippen molar-refractivity contribution in [2.45, 2.75) is 17.9 Å². The van der Waals surface area contributed by atoms with E-state index in [1.54, 1.807) is 19.1 Å². The number of rotatable bonds is 6. The SMILES string of the molecule is CC(Oc1ccc(Cl)cc1Cl)C(=O)Nc1ccc(S(=O)(=O)N(C)C)cc1. The van der Waals surface area contributed by atoms with Crippen LogP contribution in [0.2, 0.25) is 10.0 Å². The molecule has 0 radical (unpaired) electrons. The molecule has 2 rings (SSSR count). The molecule has 0 saturated carbocycles. The first kappa shape index (κ1) is 20.5. The van der Waals surface area contributed by atoms with Crippen molar-refractivity contribution in [3.63, 3.8) is 0 Å². The number of amides is 1. The number of carbonyl (C=O) groups is 1. The van der Waals surface area contributed by atoms with Gasteiger partial charge in [0, 0.05) is 24.8 Å². The fourth-order valence-corrected chi connectivity index (χ4v) is 3.33. The van der Waals surface area contributed by atoms with Gasteiger partial charge in [-0.2, -0.15) is 0 Å². The quantitative estimate of drug-likeness (QED) is 0.779. The number of hydrogen-bond donors (Lipinski definition) is 1. The summed E-state index contributed by atoms with van der Waals surface area (Å²) in [6.45, 7) is 1.57. The highest BCUT2D eigenvalue weighted by Crippen LogP contribution is 2.28. The molecule has 2 aromatic rings. The Labute approximate surface area is 162 Å². The molecule has 0 aromatic heterocycles. The van der Waals surface area contributed by atoms with Crippen molar-refractivity contribution < 1.29 is 17.9 Å². The fourth-order valence-electron chi connectivity index (χ4n) is 1.98. The summed E-state index contributed by atoms with van der Waals surface area (Å²) in [6, 6.07) is 10.6. The predicted molar refractivity (Wildman–Crippen MR) is 102 cm³/mol. The maximum atomic E-state index is 12.3. The van der Waals surface area contributed by atoms with Crippen molar-refractivity contribution in [1.29, 1.82) is 0 Å². The number of nitrogens with one attached hydrogen (secondary N) is 1. The molecule has 6 nitrogen and oxygen atoms in total. The van der Waals surface area contributed by atoms with Gasteiger partial charge in [0.15, 0.2) is 6.10 Å². The van der Waals surface area contributed by atoms with E-state index in [9.17, 15) is 13.2 Å². The van der Waals surface area contributed by atoms with E-state index in [4.69, 9.17) is 27.9 Å². The minimum atomic E-state index is -3.52. The van der Waals surface area contributed by atoms with Crippen molar-refractivity contribution in [3.8, 4) is 5.75 Å². The second kappa shape index (κ2) is 8.26. The molecule has 1 atom stereocenters. The van der Waals surface area contributed by atoms with Crippen LogP contribution in [0.5, 0.6) is 5.75 Å². The summed E-state index contributed by atoms with van der Waals surface area (Å²) in [5.41, 5.74) is 0.449. The zero-order chi connectivity index (χ0) is 19.5. The van der Waals surface area contributed by atoms with Gasteiger partial charge < -0.3 is 10.1 Å². The number of carbonyl (C=O) groups excluding carboxylic acids is 1. The Morgan fingerprint density at radius 1 is 1.12 bits per heavy atom. The van der Waals surface area contributed by atoms with Crippen LogP contribution in [0.4, 0.5) is 5.69 Å². The van der Waals surface area contributed by atoms with Crippen molar-refractivity contribution in [3.05, 3.63) is 52.5 Å². The first-order chi connectivity index (χ1) is 12.1. The highest BCUT2D eigenvalue weighted by Gasteiger charge is 2.19. The summed E-state index contributed by atoms with van der Waals surface area (Å²) in [6.07, 6.45) is -0.821. The zero-order valence-corrected chi connectivity index (χ0v) is 16.7. The second-order valence-corrected chi connectivity index (χ2v) is 8.63. The molecule has 1 unspecified atom stereocenters. The lowest BCUT2D eigenvalue weighted by Gasteiger charge is -2.16. The molecule has 0 heterocycles. The van der Waals surface area contributed by atoms with Gasteiger partial charge >= 0.3 is 0 Å². The van der Waals surface area contributed by atoms with E-state index in [1.165, 1.54) is 44.4 Å². The lowest BCUT2D eigenvalue weighted by molar-refractivity contribution is -0.122. The Morgan fingerprint density at radius 3 is 2.27 bits per heavy atom. The van der Waals surface area contributed by atoms with E-state index in [2.05, 4.69) is 5.32 Å². The van der Waals surface area contributed by atoms with Gasteiger partial charge in [0.25, 0.3) is 5.91 Å². The van der Waals surface area contributed by atoms with E-state index in [1.807, 2.05) is 0 Å². The maximum absolute atomic E-state index is 12.3. The summed E-state index contributed by atoms with van der Waals surface area (Å²) in [5.74, 6) is -0.0645. The molecule has 0 aliphatic heterocycles. The van der Waals surface area contributed by atoms with Crippen LogP contribution in [0.15, 0.2) is 47.4 Å². The Morgan fingerprint density at radius 2 is 1.73 bits per heavy atom. The maximum Gasteiger partial charge on any atom is 0.265 e. The van der Waals surface area contributed by atoms with Crippen molar-refractivity contribution in [2.75, 3.05) is 19.4 Å². The molecule has 26 heavy (non-hydrogen) atoms. The molecule has 0 spiro atoms. The summed E-state index contributed by atoms with van der Waals surface area (Å²) in [5, 5.41) is 3.43. The van der Waals surface area contributed by atoms with E-state index >= 15 is 0 Å². The number of hydrogen-bond acceptors (Lipinski definition) is 4. The van der Waals surface area contributed by atoms with Crippen molar-refractivity contribution in [2.24, 2.45) is 0 Å². The van der Waals surface area contributed by atoms with E-state index < -0.39 is 22.0 Å². The van der Waals surface area contributed by atoms with E-state index in [-0.39, 0.29) is 4.90 Å². The first-order valence-corrected chi connectivity index (χ1v) is 9.76. The summed E-state index contributed by atoms with van der Waals surface area (Å²) in [7, 11) is -0.616. The Balaban J connectivity index is 2.05. The van der Waals surface area contributed by atoms with Gasteiger partial charge in [-0.1, -0.05) is 23.2 Å². The smallest absolute Gasteiger partial charge is 0.265 e. The number of ether oxygens (including phenoxy) is 1. The molecule has 9 heteroatoms. The topological polar surface area (TPSA) is 75.7 Å². The molecule has 0 fully saturated rings. The average molecular weight is 417 g/mol. The normalized spacial score (nSPS) is 12.7. The summed E-state index contributed by atoms with van der Waals surface area (Å²) >= 11 is 11.8. The molecule has 1 amide bonds. The van der Waals surface area contributed by atoms with Gasteiger partial charge in [-0.05, 0) is 49.4 Å². The van der Waals surface area contributed by atoms with Gasteiger partial charge in [0.1, 0.15) is 5.75 Å². The first-order valence-electron chi connectivity index (χ1n) is 7.56. The van der Waals surface area contributed by atoms with Crippen LogP contribution >= 0.6 is 23.2 Å². The summed E-state index contributed by atoms with van der Waals surface area (Å²) < 4.78 is 30.7. The average Bonchev–Trinajstić information content (AvgIpc) is 2.57. The number of halogens is 2. The lowest BCUT2D eigenvalue weighted by atomic mass is 10.3.